The Hall–Kier alpha value is -1.71. The number of fused-ring (bicyclic) bond motifs is 1. The van der Waals surface area contributed by atoms with Gasteiger partial charge in [-0.2, -0.15) is 0 Å². The fourth-order valence-electron chi connectivity index (χ4n) is 2.98. The van der Waals surface area contributed by atoms with Gasteiger partial charge in [-0.25, -0.2) is 13.4 Å². The molecule has 3 rings (SSSR count). The number of hydrogen-bond acceptors (Lipinski definition) is 6. The van der Waals surface area contributed by atoms with Crippen LogP contribution in [0, 0.1) is 0 Å². The van der Waals surface area contributed by atoms with Gasteiger partial charge in [0.05, 0.1) is 26.3 Å². The summed E-state index contributed by atoms with van der Waals surface area (Å²) in [5.41, 5.74) is 1.44. The number of aromatic nitrogens is 1. The van der Waals surface area contributed by atoms with E-state index in [2.05, 4.69) is 4.98 Å². The molecule has 1 heterocycles. The van der Waals surface area contributed by atoms with Crippen LogP contribution >= 0.6 is 35.3 Å². The van der Waals surface area contributed by atoms with Gasteiger partial charge in [0.2, 0.25) is 5.91 Å². The highest BCUT2D eigenvalue weighted by atomic mass is 35.5. The molecule has 0 aliphatic rings. The molecule has 0 aliphatic carbocycles. The Morgan fingerprint density at radius 3 is 2.31 bits per heavy atom. The third-order valence-corrected chi connectivity index (χ3v) is 8.41. The number of benzene rings is 2. The Labute approximate surface area is 204 Å². The van der Waals surface area contributed by atoms with E-state index in [0.717, 1.165) is 10.3 Å². The molecular formula is C22H27Cl2N3O3S2. The summed E-state index contributed by atoms with van der Waals surface area (Å²) in [4.78, 5) is 21.8. The summed E-state index contributed by atoms with van der Waals surface area (Å²) in [6.45, 7) is 4.48. The van der Waals surface area contributed by atoms with E-state index in [0.29, 0.717) is 28.8 Å². The number of para-hydroxylation sites is 1. The zero-order valence-electron chi connectivity index (χ0n) is 18.4. The second-order valence-electron chi connectivity index (χ2n) is 7.85. The average molecular weight is 517 g/mol. The smallest absolute Gasteiger partial charge is 0.233 e. The molecular weight excluding hydrogens is 489 g/mol. The molecule has 0 unspecified atom stereocenters. The Balaban J connectivity index is 0.00000363. The lowest BCUT2D eigenvalue weighted by atomic mass is 10.1. The monoisotopic (exact) mass is 515 g/mol. The van der Waals surface area contributed by atoms with E-state index in [1.165, 1.54) is 11.3 Å². The molecule has 174 valence electrons. The van der Waals surface area contributed by atoms with Crippen molar-refractivity contribution in [3.05, 3.63) is 53.1 Å². The van der Waals surface area contributed by atoms with Crippen LogP contribution in [-0.2, 0) is 21.1 Å². The van der Waals surface area contributed by atoms with Crippen LogP contribution in [0.25, 0.3) is 10.2 Å². The lowest BCUT2D eigenvalue weighted by Crippen LogP contribution is -2.37. The van der Waals surface area contributed by atoms with Gasteiger partial charge in [0.25, 0.3) is 0 Å². The molecule has 0 N–H and O–H groups in total. The first kappa shape index (κ1) is 26.5. The van der Waals surface area contributed by atoms with Gasteiger partial charge in [-0.3, -0.25) is 9.69 Å². The second kappa shape index (κ2) is 10.9. The summed E-state index contributed by atoms with van der Waals surface area (Å²) in [5, 5.41) is 0.670. The van der Waals surface area contributed by atoms with E-state index in [1.54, 1.807) is 49.1 Å². The minimum atomic E-state index is -3.34. The molecule has 1 aromatic heterocycles. The number of rotatable bonds is 8. The van der Waals surface area contributed by atoms with Gasteiger partial charge in [0.15, 0.2) is 15.0 Å². The first-order valence-corrected chi connectivity index (χ1v) is 12.7. The molecule has 0 saturated heterocycles. The van der Waals surface area contributed by atoms with Gasteiger partial charge >= 0.3 is 0 Å². The van der Waals surface area contributed by atoms with Crippen LogP contribution in [-0.4, -0.2) is 56.6 Å². The van der Waals surface area contributed by atoms with Gasteiger partial charge in [-0.15, -0.1) is 12.4 Å². The van der Waals surface area contributed by atoms with E-state index in [-0.39, 0.29) is 29.6 Å². The van der Waals surface area contributed by atoms with Crippen molar-refractivity contribution in [1.82, 2.24) is 9.88 Å². The predicted octanol–water partition coefficient (Wildman–Crippen LogP) is 4.69. The van der Waals surface area contributed by atoms with Crippen molar-refractivity contribution in [2.24, 2.45) is 0 Å². The van der Waals surface area contributed by atoms with Crippen molar-refractivity contribution in [2.45, 2.75) is 30.4 Å². The minimum Gasteiger partial charge on any atom is -0.308 e. The lowest BCUT2D eigenvalue weighted by Gasteiger charge is -2.22. The Kier molecular flexibility index (Phi) is 9.07. The molecule has 0 saturated carbocycles. The van der Waals surface area contributed by atoms with E-state index in [9.17, 15) is 13.2 Å². The van der Waals surface area contributed by atoms with Gasteiger partial charge < -0.3 is 4.90 Å². The third-order valence-electron chi connectivity index (χ3n) is 4.89. The standard InChI is InChI=1S/C22H26ClN3O3S2.ClH/c1-15(2)31(28,29)17-10-8-16(9-11-17)14-20(27)26(13-12-25(3)4)22-24-21-18(23)6-5-7-19(21)30-22;/h5-11,15H,12-14H2,1-4H3;1H. The summed E-state index contributed by atoms with van der Waals surface area (Å²) in [6, 6.07) is 12.1. The number of thiazole rings is 1. The average Bonchev–Trinajstić information content (AvgIpc) is 3.13. The first-order chi connectivity index (χ1) is 14.6. The van der Waals surface area contributed by atoms with Crippen molar-refractivity contribution in [3.8, 4) is 0 Å². The summed E-state index contributed by atoms with van der Waals surface area (Å²) in [6.07, 6.45) is 0.152. The number of carbonyl (C=O) groups is 1. The molecule has 3 aromatic rings. The third kappa shape index (κ3) is 5.99. The molecule has 1 amide bonds. The van der Waals surface area contributed by atoms with Crippen LogP contribution in [0.15, 0.2) is 47.4 Å². The molecule has 0 atom stereocenters. The van der Waals surface area contributed by atoms with Gasteiger partial charge in [0.1, 0.15) is 5.52 Å². The number of hydrogen-bond donors (Lipinski definition) is 0. The maximum Gasteiger partial charge on any atom is 0.233 e. The largest absolute Gasteiger partial charge is 0.308 e. The maximum atomic E-state index is 13.2. The summed E-state index contributed by atoms with van der Waals surface area (Å²) in [5.74, 6) is -0.100. The van der Waals surface area contributed by atoms with Gasteiger partial charge in [-0.05, 0) is 57.8 Å². The molecule has 0 fully saturated rings. The normalized spacial score (nSPS) is 11.7. The van der Waals surface area contributed by atoms with E-state index < -0.39 is 15.1 Å². The van der Waals surface area contributed by atoms with Crippen LogP contribution < -0.4 is 4.90 Å². The highest BCUT2D eigenvalue weighted by Crippen LogP contribution is 2.33. The summed E-state index contributed by atoms with van der Waals surface area (Å²) < 4.78 is 25.6. The fourth-order valence-corrected chi connectivity index (χ4v) is 5.35. The minimum absolute atomic E-state index is 0. The Morgan fingerprint density at radius 2 is 1.75 bits per heavy atom. The van der Waals surface area contributed by atoms with Crippen LogP contribution in [0.2, 0.25) is 5.02 Å². The summed E-state index contributed by atoms with van der Waals surface area (Å²) in [7, 11) is 0.560. The zero-order chi connectivity index (χ0) is 22.8. The number of amides is 1. The number of halogens is 2. The van der Waals surface area contributed by atoms with Crippen LogP contribution in [0.5, 0.6) is 0 Å². The van der Waals surface area contributed by atoms with Crippen molar-refractivity contribution in [2.75, 3.05) is 32.1 Å². The number of likely N-dealkylation sites (N-methyl/N-ethyl adjacent to an activating group) is 1. The van der Waals surface area contributed by atoms with Crippen LogP contribution in [0.3, 0.4) is 0 Å². The van der Waals surface area contributed by atoms with Gasteiger partial charge in [0, 0.05) is 13.1 Å². The molecule has 0 spiro atoms. The van der Waals surface area contributed by atoms with Crippen LogP contribution in [0.1, 0.15) is 19.4 Å². The Bertz CT molecular complexity index is 1180. The van der Waals surface area contributed by atoms with Crippen LogP contribution in [0.4, 0.5) is 5.13 Å². The zero-order valence-corrected chi connectivity index (χ0v) is 21.6. The van der Waals surface area contributed by atoms with E-state index in [4.69, 9.17) is 11.6 Å². The second-order valence-corrected chi connectivity index (χ2v) is 11.8. The maximum absolute atomic E-state index is 13.2. The molecule has 2 aromatic carbocycles. The van der Waals surface area contributed by atoms with E-state index in [1.807, 2.05) is 31.1 Å². The van der Waals surface area contributed by atoms with Crippen molar-refractivity contribution < 1.29 is 13.2 Å². The fraction of sp³-hybridized carbons (Fsp3) is 0.364. The SMILES string of the molecule is CC(C)S(=O)(=O)c1ccc(CC(=O)N(CCN(C)C)c2nc3c(Cl)cccc3s2)cc1.Cl. The number of anilines is 1. The number of carbonyl (C=O) groups excluding carboxylic acids is 1. The van der Waals surface area contributed by atoms with Crippen molar-refractivity contribution in [3.63, 3.8) is 0 Å². The number of sulfone groups is 1. The number of nitrogens with zero attached hydrogens (tertiary/aromatic N) is 3. The van der Waals surface area contributed by atoms with E-state index >= 15 is 0 Å². The lowest BCUT2D eigenvalue weighted by molar-refractivity contribution is -0.118. The molecule has 0 aliphatic heterocycles. The highest BCUT2D eigenvalue weighted by Gasteiger charge is 2.22. The highest BCUT2D eigenvalue weighted by molar-refractivity contribution is 7.92. The molecule has 32 heavy (non-hydrogen) atoms. The summed E-state index contributed by atoms with van der Waals surface area (Å²) >= 11 is 7.70. The topological polar surface area (TPSA) is 70.6 Å². The molecule has 0 bridgehead atoms. The molecule has 10 heteroatoms. The predicted molar refractivity (Wildman–Crippen MR) is 135 cm³/mol. The first-order valence-electron chi connectivity index (χ1n) is 9.92. The van der Waals surface area contributed by atoms with Gasteiger partial charge in [-0.1, -0.05) is 41.1 Å². The molecule has 0 radical (unpaired) electrons. The molecule has 6 nitrogen and oxygen atoms in total. The quantitative estimate of drug-likeness (QED) is 0.435. The van der Waals surface area contributed by atoms with Crippen molar-refractivity contribution >= 4 is 66.4 Å². The van der Waals surface area contributed by atoms with Crippen molar-refractivity contribution in [1.29, 1.82) is 0 Å². The Morgan fingerprint density at radius 1 is 1.09 bits per heavy atom.